The number of aromatic nitrogens is 1. The molecule has 2 N–H and O–H groups in total. The second-order valence-electron chi connectivity index (χ2n) is 4.25. The molecule has 0 bridgehead atoms. The van der Waals surface area contributed by atoms with Crippen molar-refractivity contribution in [3.05, 3.63) is 17.8 Å². The van der Waals surface area contributed by atoms with E-state index in [9.17, 15) is 0 Å². The van der Waals surface area contributed by atoms with E-state index in [1.807, 2.05) is 0 Å². The average molecular weight is 209 g/mol. The Morgan fingerprint density at radius 2 is 2.53 bits per heavy atom. The van der Waals surface area contributed by atoms with Gasteiger partial charge in [-0.25, -0.2) is 4.98 Å². The molecule has 1 unspecified atom stereocenters. The Kier molecular flexibility index (Phi) is 3.38. The van der Waals surface area contributed by atoms with Gasteiger partial charge in [0.1, 0.15) is 6.26 Å². The molecule has 0 amide bonds. The first-order valence-corrected chi connectivity index (χ1v) is 5.63. The van der Waals surface area contributed by atoms with Crippen molar-refractivity contribution in [2.45, 2.75) is 31.7 Å². The third-order valence-electron chi connectivity index (χ3n) is 3.08. The van der Waals surface area contributed by atoms with Gasteiger partial charge in [-0.3, -0.25) is 0 Å². The summed E-state index contributed by atoms with van der Waals surface area (Å²) in [6.45, 7) is 1.83. The van der Waals surface area contributed by atoms with Crippen LogP contribution in [-0.2, 0) is 12.8 Å². The Labute approximate surface area is 90.5 Å². The van der Waals surface area contributed by atoms with E-state index in [-0.39, 0.29) is 0 Å². The SMILES string of the molecule is CN1CCCC1Cc1nc(CCN)co1. The zero-order valence-electron chi connectivity index (χ0n) is 9.28. The maximum absolute atomic E-state index is 5.47. The Morgan fingerprint density at radius 3 is 3.20 bits per heavy atom. The number of likely N-dealkylation sites (N-methyl/N-ethyl adjacent to an activating group) is 1. The summed E-state index contributed by atoms with van der Waals surface area (Å²) < 4.78 is 5.43. The normalized spacial score (nSPS) is 22.4. The van der Waals surface area contributed by atoms with Crippen molar-refractivity contribution in [3.8, 4) is 0 Å². The molecule has 15 heavy (non-hydrogen) atoms. The van der Waals surface area contributed by atoms with Crippen molar-refractivity contribution in [1.29, 1.82) is 0 Å². The number of hydrogen-bond donors (Lipinski definition) is 1. The summed E-state index contributed by atoms with van der Waals surface area (Å²) >= 11 is 0. The fourth-order valence-electron chi connectivity index (χ4n) is 2.14. The summed E-state index contributed by atoms with van der Waals surface area (Å²) in [6, 6.07) is 0.606. The fourth-order valence-corrected chi connectivity index (χ4v) is 2.14. The quantitative estimate of drug-likeness (QED) is 0.797. The van der Waals surface area contributed by atoms with Gasteiger partial charge in [0, 0.05) is 18.9 Å². The summed E-state index contributed by atoms with van der Waals surface area (Å²) in [5.41, 5.74) is 6.45. The van der Waals surface area contributed by atoms with E-state index in [0.717, 1.165) is 24.4 Å². The number of nitrogens with two attached hydrogens (primary N) is 1. The molecule has 1 saturated heterocycles. The molecule has 0 spiro atoms. The lowest BCUT2D eigenvalue weighted by Gasteiger charge is -2.16. The Morgan fingerprint density at radius 1 is 1.67 bits per heavy atom. The van der Waals surface area contributed by atoms with Crippen molar-refractivity contribution in [3.63, 3.8) is 0 Å². The number of nitrogens with zero attached hydrogens (tertiary/aromatic N) is 2. The highest BCUT2D eigenvalue weighted by Gasteiger charge is 2.22. The molecule has 2 rings (SSSR count). The van der Waals surface area contributed by atoms with E-state index in [1.54, 1.807) is 6.26 Å². The molecular weight excluding hydrogens is 190 g/mol. The zero-order chi connectivity index (χ0) is 10.7. The van der Waals surface area contributed by atoms with Crippen molar-refractivity contribution >= 4 is 0 Å². The standard InChI is InChI=1S/C11H19N3O/c1-14-6-2-3-10(14)7-11-13-9(4-5-12)8-15-11/h8,10H,2-7,12H2,1H3. The van der Waals surface area contributed by atoms with Crippen molar-refractivity contribution in [1.82, 2.24) is 9.88 Å². The smallest absolute Gasteiger partial charge is 0.195 e. The third-order valence-corrected chi connectivity index (χ3v) is 3.08. The molecule has 4 heteroatoms. The summed E-state index contributed by atoms with van der Waals surface area (Å²) in [6.07, 6.45) is 6.02. The van der Waals surface area contributed by atoms with Crippen molar-refractivity contribution < 1.29 is 4.42 Å². The molecule has 1 atom stereocenters. The molecule has 1 aromatic heterocycles. The second kappa shape index (κ2) is 4.77. The lowest BCUT2D eigenvalue weighted by molar-refractivity contribution is 0.292. The molecule has 1 aromatic rings. The summed E-state index contributed by atoms with van der Waals surface area (Å²) in [5, 5.41) is 0. The predicted octanol–water partition coefficient (Wildman–Crippen LogP) is 0.812. The fraction of sp³-hybridized carbons (Fsp3) is 0.727. The molecule has 2 heterocycles. The van der Waals surface area contributed by atoms with Crippen LogP contribution in [0, 0.1) is 0 Å². The minimum Gasteiger partial charge on any atom is -0.449 e. The molecule has 4 nitrogen and oxygen atoms in total. The molecule has 1 aliphatic rings. The second-order valence-corrected chi connectivity index (χ2v) is 4.25. The lowest BCUT2D eigenvalue weighted by atomic mass is 10.1. The molecule has 1 aliphatic heterocycles. The van der Waals surface area contributed by atoms with Gasteiger partial charge in [0.2, 0.25) is 0 Å². The van der Waals surface area contributed by atoms with Gasteiger partial charge in [-0.2, -0.15) is 0 Å². The van der Waals surface area contributed by atoms with Crippen LogP contribution < -0.4 is 5.73 Å². The lowest BCUT2D eigenvalue weighted by Crippen LogP contribution is -2.26. The topological polar surface area (TPSA) is 55.3 Å². The van der Waals surface area contributed by atoms with E-state index in [0.29, 0.717) is 12.6 Å². The maximum atomic E-state index is 5.47. The molecule has 0 saturated carbocycles. The third kappa shape index (κ3) is 2.58. The van der Waals surface area contributed by atoms with Crippen LogP contribution in [0.2, 0.25) is 0 Å². The number of likely N-dealkylation sites (tertiary alicyclic amines) is 1. The number of oxazole rings is 1. The van der Waals surface area contributed by atoms with E-state index in [4.69, 9.17) is 10.2 Å². The highest BCUT2D eigenvalue weighted by atomic mass is 16.3. The van der Waals surface area contributed by atoms with Crippen LogP contribution in [0.25, 0.3) is 0 Å². The van der Waals surface area contributed by atoms with Gasteiger partial charge < -0.3 is 15.1 Å². The minimum absolute atomic E-state index is 0.606. The van der Waals surface area contributed by atoms with Gasteiger partial charge in [-0.1, -0.05) is 0 Å². The van der Waals surface area contributed by atoms with E-state index in [2.05, 4.69) is 16.9 Å². The highest BCUT2D eigenvalue weighted by molar-refractivity contribution is 4.99. The zero-order valence-corrected chi connectivity index (χ0v) is 9.28. The predicted molar refractivity (Wildman–Crippen MR) is 58.6 cm³/mol. The summed E-state index contributed by atoms with van der Waals surface area (Å²) in [5.74, 6) is 0.859. The highest BCUT2D eigenvalue weighted by Crippen LogP contribution is 2.18. The molecular formula is C11H19N3O. The van der Waals surface area contributed by atoms with Crippen molar-refractivity contribution in [2.24, 2.45) is 5.73 Å². The van der Waals surface area contributed by atoms with Gasteiger partial charge in [-0.05, 0) is 33.0 Å². The van der Waals surface area contributed by atoms with Crippen molar-refractivity contribution in [2.75, 3.05) is 20.1 Å². The molecule has 0 radical (unpaired) electrons. The molecule has 0 aliphatic carbocycles. The summed E-state index contributed by atoms with van der Waals surface area (Å²) in [7, 11) is 2.17. The molecule has 0 aromatic carbocycles. The first-order valence-electron chi connectivity index (χ1n) is 5.63. The summed E-state index contributed by atoms with van der Waals surface area (Å²) in [4.78, 5) is 6.81. The van der Waals surface area contributed by atoms with Gasteiger partial charge in [0.25, 0.3) is 0 Å². The van der Waals surface area contributed by atoms with Gasteiger partial charge >= 0.3 is 0 Å². The Balaban J connectivity index is 1.92. The minimum atomic E-state index is 0.606. The Bertz CT molecular complexity index is 311. The van der Waals surface area contributed by atoms with E-state index < -0.39 is 0 Å². The van der Waals surface area contributed by atoms with Gasteiger partial charge in [-0.15, -0.1) is 0 Å². The number of rotatable bonds is 4. The van der Waals surface area contributed by atoms with Crippen LogP contribution in [0.3, 0.4) is 0 Å². The van der Waals surface area contributed by atoms with Gasteiger partial charge in [0.15, 0.2) is 5.89 Å². The van der Waals surface area contributed by atoms with Crippen LogP contribution in [0.4, 0.5) is 0 Å². The van der Waals surface area contributed by atoms with Crippen LogP contribution in [-0.4, -0.2) is 36.1 Å². The largest absolute Gasteiger partial charge is 0.449 e. The van der Waals surface area contributed by atoms with Gasteiger partial charge in [0.05, 0.1) is 5.69 Å². The monoisotopic (exact) mass is 209 g/mol. The van der Waals surface area contributed by atoms with E-state index in [1.165, 1.54) is 19.4 Å². The first kappa shape index (κ1) is 10.6. The Hall–Kier alpha value is -0.870. The maximum Gasteiger partial charge on any atom is 0.195 e. The van der Waals surface area contributed by atoms with Crippen LogP contribution >= 0.6 is 0 Å². The number of hydrogen-bond acceptors (Lipinski definition) is 4. The van der Waals surface area contributed by atoms with Crippen LogP contribution in [0.1, 0.15) is 24.4 Å². The van der Waals surface area contributed by atoms with E-state index >= 15 is 0 Å². The molecule has 84 valence electrons. The van der Waals surface area contributed by atoms with Crippen LogP contribution in [0.15, 0.2) is 10.7 Å². The van der Waals surface area contributed by atoms with Crippen LogP contribution in [0.5, 0.6) is 0 Å². The average Bonchev–Trinajstić information content (AvgIpc) is 2.79. The first-order chi connectivity index (χ1) is 7.29. The molecule has 1 fully saturated rings.